The van der Waals surface area contributed by atoms with E-state index in [1.54, 1.807) is 4.90 Å². The molecular formula is C16H19F3N2O3S2. The lowest BCUT2D eigenvalue weighted by atomic mass is 10.1. The van der Waals surface area contributed by atoms with Crippen LogP contribution in [0.1, 0.15) is 16.8 Å². The van der Waals surface area contributed by atoms with E-state index < -0.39 is 15.3 Å². The van der Waals surface area contributed by atoms with E-state index in [2.05, 4.69) is 4.90 Å². The van der Waals surface area contributed by atoms with Gasteiger partial charge in [0.1, 0.15) is 0 Å². The van der Waals surface area contributed by atoms with E-state index in [1.807, 2.05) is 0 Å². The molecule has 26 heavy (non-hydrogen) atoms. The Morgan fingerprint density at radius 1 is 1.08 bits per heavy atom. The maximum absolute atomic E-state index is 12.5. The number of benzene rings is 1. The molecule has 144 valence electrons. The number of piperazine rings is 1. The molecule has 0 spiro atoms. The molecule has 0 bridgehead atoms. The molecule has 0 radical (unpaired) electrons. The predicted molar refractivity (Wildman–Crippen MR) is 92.9 cm³/mol. The summed E-state index contributed by atoms with van der Waals surface area (Å²) in [5.74, 6) is 0.186. The minimum absolute atomic E-state index is 0.0240. The number of hydrogen-bond acceptors (Lipinski definition) is 5. The first-order valence-corrected chi connectivity index (χ1v) is 10.9. The van der Waals surface area contributed by atoms with Crippen molar-refractivity contribution in [3.63, 3.8) is 0 Å². The largest absolute Gasteiger partial charge is 0.446 e. The second kappa shape index (κ2) is 7.40. The number of carbonyl (C=O) groups excluding carboxylic acids is 1. The van der Waals surface area contributed by atoms with Gasteiger partial charge >= 0.3 is 5.51 Å². The van der Waals surface area contributed by atoms with Crippen LogP contribution >= 0.6 is 11.8 Å². The van der Waals surface area contributed by atoms with Gasteiger partial charge in [-0.2, -0.15) is 13.2 Å². The van der Waals surface area contributed by atoms with Crippen LogP contribution in [0.3, 0.4) is 0 Å². The summed E-state index contributed by atoms with van der Waals surface area (Å²) in [6.07, 6.45) is 0.634. The minimum Gasteiger partial charge on any atom is -0.336 e. The molecule has 2 aliphatic heterocycles. The average molecular weight is 408 g/mol. The van der Waals surface area contributed by atoms with Crippen molar-refractivity contribution in [3.05, 3.63) is 29.8 Å². The number of thioether (sulfide) groups is 1. The third-order valence-electron chi connectivity index (χ3n) is 4.66. The van der Waals surface area contributed by atoms with Crippen molar-refractivity contribution in [1.29, 1.82) is 0 Å². The molecule has 5 nitrogen and oxygen atoms in total. The fourth-order valence-corrected chi connectivity index (χ4v) is 5.64. The standard InChI is InChI=1S/C16H19F3N2O3S2/c17-16(18,19)25-14-3-1-12(2-4-14)15(22)21-8-6-20(7-9-21)13-5-10-26(23,24)11-13/h1-4,13H,5-11H2. The van der Waals surface area contributed by atoms with Crippen LogP contribution in [-0.4, -0.2) is 73.4 Å². The van der Waals surface area contributed by atoms with Crippen LogP contribution in [0, 0.1) is 0 Å². The minimum atomic E-state index is -4.35. The maximum atomic E-state index is 12.5. The average Bonchev–Trinajstić information content (AvgIpc) is 2.94. The Bertz CT molecular complexity index is 758. The van der Waals surface area contributed by atoms with Gasteiger partial charge in [-0.25, -0.2) is 8.42 Å². The molecule has 0 aromatic heterocycles. The summed E-state index contributed by atoms with van der Waals surface area (Å²) in [6.45, 7) is 2.17. The van der Waals surface area contributed by atoms with Crippen molar-refractivity contribution in [2.75, 3.05) is 37.7 Å². The zero-order valence-corrected chi connectivity index (χ0v) is 15.5. The number of hydrogen-bond donors (Lipinski definition) is 0. The van der Waals surface area contributed by atoms with Crippen LogP contribution in [0.15, 0.2) is 29.2 Å². The summed E-state index contributed by atoms with van der Waals surface area (Å²) >= 11 is -0.210. The predicted octanol–water partition coefficient (Wildman–Crippen LogP) is 2.24. The van der Waals surface area contributed by atoms with Crippen LogP contribution in [0.5, 0.6) is 0 Å². The van der Waals surface area contributed by atoms with Crippen molar-refractivity contribution >= 4 is 27.5 Å². The van der Waals surface area contributed by atoms with Crippen molar-refractivity contribution in [3.8, 4) is 0 Å². The van der Waals surface area contributed by atoms with Gasteiger partial charge in [-0.05, 0) is 42.4 Å². The van der Waals surface area contributed by atoms with Crippen LogP contribution in [0.2, 0.25) is 0 Å². The smallest absolute Gasteiger partial charge is 0.336 e. The first-order chi connectivity index (χ1) is 12.1. The van der Waals surface area contributed by atoms with Crippen LogP contribution in [0.25, 0.3) is 0 Å². The van der Waals surface area contributed by atoms with Gasteiger partial charge in [0.15, 0.2) is 9.84 Å². The fraction of sp³-hybridized carbons (Fsp3) is 0.562. The molecule has 0 saturated carbocycles. The highest BCUT2D eigenvalue weighted by atomic mass is 32.2. The summed E-state index contributed by atoms with van der Waals surface area (Å²) in [5, 5.41) is 0. The van der Waals surface area contributed by atoms with Crippen LogP contribution < -0.4 is 0 Å². The fourth-order valence-electron chi connectivity index (χ4n) is 3.34. The Morgan fingerprint density at radius 3 is 2.19 bits per heavy atom. The monoisotopic (exact) mass is 408 g/mol. The summed E-state index contributed by atoms with van der Waals surface area (Å²) in [7, 11) is -2.94. The molecule has 1 amide bonds. The summed E-state index contributed by atoms with van der Waals surface area (Å²) < 4.78 is 60.2. The van der Waals surface area contributed by atoms with Gasteiger partial charge in [-0.3, -0.25) is 9.69 Å². The number of alkyl halides is 3. The third-order valence-corrected chi connectivity index (χ3v) is 7.15. The highest BCUT2D eigenvalue weighted by Gasteiger charge is 2.34. The van der Waals surface area contributed by atoms with Gasteiger partial charge in [0.2, 0.25) is 0 Å². The molecule has 3 rings (SSSR count). The van der Waals surface area contributed by atoms with Crippen molar-refractivity contribution < 1.29 is 26.4 Å². The van der Waals surface area contributed by atoms with Gasteiger partial charge in [0.25, 0.3) is 5.91 Å². The first-order valence-electron chi connectivity index (χ1n) is 8.22. The molecule has 0 N–H and O–H groups in total. The highest BCUT2D eigenvalue weighted by Crippen LogP contribution is 2.36. The molecule has 0 aliphatic carbocycles. The van der Waals surface area contributed by atoms with Crippen molar-refractivity contribution in [1.82, 2.24) is 9.80 Å². The second-order valence-corrected chi connectivity index (χ2v) is 9.82. The molecule has 1 aromatic carbocycles. The number of rotatable bonds is 3. The van der Waals surface area contributed by atoms with Gasteiger partial charge < -0.3 is 4.90 Å². The molecule has 2 fully saturated rings. The van der Waals surface area contributed by atoms with E-state index in [4.69, 9.17) is 0 Å². The summed E-state index contributed by atoms with van der Waals surface area (Å²) in [4.78, 5) is 16.3. The first kappa shape index (κ1) is 19.5. The molecular weight excluding hydrogens is 389 g/mol. The molecule has 1 atom stereocenters. The molecule has 1 aromatic rings. The quantitative estimate of drug-likeness (QED) is 0.718. The van der Waals surface area contributed by atoms with Gasteiger partial charge in [0, 0.05) is 42.7 Å². The molecule has 1 unspecified atom stereocenters. The van der Waals surface area contributed by atoms with Crippen molar-refractivity contribution in [2.45, 2.75) is 22.9 Å². The summed E-state index contributed by atoms with van der Waals surface area (Å²) in [6, 6.07) is 5.44. The zero-order chi connectivity index (χ0) is 18.9. The Labute approximate surface area is 154 Å². The van der Waals surface area contributed by atoms with E-state index in [1.165, 1.54) is 24.3 Å². The lowest BCUT2D eigenvalue weighted by molar-refractivity contribution is -0.0328. The Hall–Kier alpha value is -1.26. The Morgan fingerprint density at radius 2 is 1.69 bits per heavy atom. The van der Waals surface area contributed by atoms with Gasteiger partial charge in [-0.15, -0.1) is 0 Å². The molecule has 2 aliphatic rings. The van der Waals surface area contributed by atoms with Crippen LogP contribution in [-0.2, 0) is 9.84 Å². The third kappa shape index (κ3) is 4.92. The van der Waals surface area contributed by atoms with E-state index in [9.17, 15) is 26.4 Å². The lowest BCUT2D eigenvalue weighted by Gasteiger charge is -2.37. The summed E-state index contributed by atoms with van der Waals surface area (Å²) in [5.41, 5.74) is -4.00. The number of carbonyl (C=O) groups is 1. The molecule has 10 heteroatoms. The topological polar surface area (TPSA) is 57.7 Å². The number of amides is 1. The van der Waals surface area contributed by atoms with Gasteiger partial charge in [-0.1, -0.05) is 0 Å². The molecule has 2 saturated heterocycles. The SMILES string of the molecule is O=C(c1ccc(SC(F)(F)F)cc1)N1CCN(C2CCS(=O)(=O)C2)CC1. The lowest BCUT2D eigenvalue weighted by Crippen LogP contribution is -2.52. The Balaban J connectivity index is 1.55. The van der Waals surface area contributed by atoms with E-state index in [0.29, 0.717) is 38.2 Å². The van der Waals surface area contributed by atoms with E-state index in [-0.39, 0.29) is 40.1 Å². The Kier molecular flexibility index (Phi) is 5.55. The number of sulfone groups is 1. The highest BCUT2D eigenvalue weighted by molar-refractivity contribution is 8.00. The zero-order valence-electron chi connectivity index (χ0n) is 13.9. The normalized spacial score (nSPS) is 24.0. The van der Waals surface area contributed by atoms with E-state index in [0.717, 1.165) is 0 Å². The van der Waals surface area contributed by atoms with E-state index >= 15 is 0 Å². The maximum Gasteiger partial charge on any atom is 0.446 e. The van der Waals surface area contributed by atoms with Crippen molar-refractivity contribution in [2.24, 2.45) is 0 Å². The van der Waals surface area contributed by atoms with Crippen LogP contribution in [0.4, 0.5) is 13.2 Å². The number of nitrogens with zero attached hydrogens (tertiary/aromatic N) is 2. The molecule has 2 heterocycles. The second-order valence-electron chi connectivity index (χ2n) is 6.46. The van der Waals surface area contributed by atoms with Gasteiger partial charge in [0.05, 0.1) is 11.5 Å². The number of halogens is 3.